The lowest BCUT2D eigenvalue weighted by molar-refractivity contribution is 0.403. The fraction of sp³-hybridized carbons (Fsp3) is 0.600. The van der Waals surface area contributed by atoms with Crippen LogP contribution in [0.3, 0.4) is 0 Å². The number of nitrogens with zero attached hydrogens (tertiary/aromatic N) is 3. The van der Waals surface area contributed by atoms with Crippen LogP contribution in [-0.2, 0) is 0 Å². The molecule has 0 radical (unpaired) electrons. The molecule has 2 aliphatic rings. The molecule has 2 heterocycles. The number of rotatable bonds is 3. The zero-order valence-corrected chi connectivity index (χ0v) is 15.0. The van der Waals surface area contributed by atoms with Crippen molar-refractivity contribution >= 4 is 16.9 Å². The molecule has 0 bridgehead atoms. The Balaban J connectivity index is 1.48. The molecule has 25 heavy (non-hydrogen) atoms. The van der Waals surface area contributed by atoms with Gasteiger partial charge in [-0.2, -0.15) is 0 Å². The molecule has 1 atom stereocenters. The molecule has 2 fully saturated rings. The fourth-order valence-electron chi connectivity index (χ4n) is 4.27. The van der Waals surface area contributed by atoms with E-state index >= 15 is 0 Å². The largest absolute Gasteiger partial charge is 0.341 e. The van der Waals surface area contributed by atoms with Crippen LogP contribution in [0.2, 0.25) is 0 Å². The van der Waals surface area contributed by atoms with Crippen molar-refractivity contribution in [2.45, 2.75) is 64.0 Å². The smallest absolute Gasteiger partial charge is 0.226 e. The maximum absolute atomic E-state index is 13.5. The van der Waals surface area contributed by atoms with Gasteiger partial charge in [-0.25, -0.2) is 14.4 Å². The summed E-state index contributed by atoms with van der Waals surface area (Å²) in [7, 11) is 0. The topological polar surface area (TPSA) is 41.1 Å². The molecule has 1 aliphatic heterocycles. The molecule has 1 saturated heterocycles. The second-order valence-electron chi connectivity index (χ2n) is 7.53. The van der Waals surface area contributed by atoms with E-state index < -0.39 is 0 Å². The maximum atomic E-state index is 13.5. The van der Waals surface area contributed by atoms with Crippen LogP contribution in [0.15, 0.2) is 18.2 Å². The second-order valence-corrected chi connectivity index (χ2v) is 7.53. The van der Waals surface area contributed by atoms with Crippen molar-refractivity contribution in [3.05, 3.63) is 29.7 Å². The Labute approximate surface area is 148 Å². The summed E-state index contributed by atoms with van der Waals surface area (Å²) in [5.41, 5.74) is 1.68. The van der Waals surface area contributed by atoms with Gasteiger partial charge < -0.3 is 10.2 Å². The molecule has 134 valence electrons. The first-order chi connectivity index (χ1) is 12.2. The van der Waals surface area contributed by atoms with Crippen LogP contribution in [-0.4, -0.2) is 35.1 Å². The summed E-state index contributed by atoms with van der Waals surface area (Å²) in [6.45, 7) is 3.92. The van der Waals surface area contributed by atoms with Gasteiger partial charge >= 0.3 is 0 Å². The summed E-state index contributed by atoms with van der Waals surface area (Å²) >= 11 is 0. The lowest BCUT2D eigenvalue weighted by Gasteiger charge is -2.23. The van der Waals surface area contributed by atoms with E-state index in [0.717, 1.165) is 54.5 Å². The fourth-order valence-corrected chi connectivity index (χ4v) is 4.27. The van der Waals surface area contributed by atoms with Crippen LogP contribution in [0, 0.1) is 12.7 Å². The lowest BCUT2D eigenvalue weighted by atomic mass is 10.1. The minimum atomic E-state index is -0.234. The van der Waals surface area contributed by atoms with E-state index in [9.17, 15) is 4.39 Å². The normalized spacial score (nSPS) is 22.5. The number of anilines is 1. The Hall–Kier alpha value is -1.75. The average molecular weight is 342 g/mol. The Morgan fingerprint density at radius 2 is 1.76 bits per heavy atom. The highest BCUT2D eigenvalue weighted by atomic mass is 19.1. The second kappa shape index (κ2) is 7.24. The van der Waals surface area contributed by atoms with Crippen LogP contribution in [0.4, 0.5) is 10.3 Å². The molecule has 1 N–H and O–H groups in total. The molecule has 4 nitrogen and oxygen atoms in total. The third-order valence-electron chi connectivity index (χ3n) is 5.67. The van der Waals surface area contributed by atoms with E-state index in [2.05, 4.69) is 15.2 Å². The molecule has 1 aromatic carbocycles. The van der Waals surface area contributed by atoms with Gasteiger partial charge in [-0.3, -0.25) is 0 Å². The van der Waals surface area contributed by atoms with E-state index in [0.29, 0.717) is 6.04 Å². The highest BCUT2D eigenvalue weighted by molar-refractivity contribution is 5.81. The first-order valence-electron chi connectivity index (χ1n) is 9.64. The minimum absolute atomic E-state index is 0.234. The van der Waals surface area contributed by atoms with Gasteiger partial charge in [-0.05, 0) is 57.2 Å². The zero-order valence-electron chi connectivity index (χ0n) is 15.0. The quantitative estimate of drug-likeness (QED) is 0.916. The van der Waals surface area contributed by atoms with Gasteiger partial charge in [0, 0.05) is 30.6 Å². The van der Waals surface area contributed by atoms with Crippen LogP contribution < -0.4 is 10.2 Å². The number of halogens is 1. The number of aryl methyl sites for hydroxylation is 1. The monoisotopic (exact) mass is 342 g/mol. The van der Waals surface area contributed by atoms with Crippen molar-refractivity contribution in [1.82, 2.24) is 15.3 Å². The number of nitrogens with one attached hydrogen (secondary N) is 1. The van der Waals surface area contributed by atoms with E-state index in [1.807, 2.05) is 6.92 Å². The Bertz CT molecular complexity index is 742. The molecular formula is C20H27FN4. The molecule has 1 saturated carbocycles. The van der Waals surface area contributed by atoms with Gasteiger partial charge in [-0.15, -0.1) is 0 Å². The van der Waals surface area contributed by atoms with Crippen molar-refractivity contribution < 1.29 is 4.39 Å². The number of hydrogen-bond acceptors (Lipinski definition) is 4. The predicted molar refractivity (Wildman–Crippen MR) is 99.5 cm³/mol. The number of fused-ring (bicyclic) bond motifs is 1. The van der Waals surface area contributed by atoms with E-state index in [1.54, 1.807) is 6.07 Å². The van der Waals surface area contributed by atoms with Crippen LogP contribution in [0.5, 0.6) is 0 Å². The first kappa shape index (κ1) is 16.7. The van der Waals surface area contributed by atoms with Gasteiger partial charge in [0.15, 0.2) is 0 Å². The molecule has 0 amide bonds. The summed E-state index contributed by atoms with van der Waals surface area (Å²) < 4.78 is 13.5. The van der Waals surface area contributed by atoms with Gasteiger partial charge in [0.05, 0.1) is 11.2 Å². The maximum Gasteiger partial charge on any atom is 0.226 e. The molecule has 1 aliphatic carbocycles. The number of hydrogen-bond donors (Lipinski definition) is 1. The third kappa shape index (κ3) is 3.76. The summed E-state index contributed by atoms with van der Waals surface area (Å²) in [5, 5.41) is 4.67. The van der Waals surface area contributed by atoms with E-state index in [1.165, 1.54) is 44.2 Å². The molecule has 2 aromatic rings. The van der Waals surface area contributed by atoms with Crippen molar-refractivity contribution in [2.24, 2.45) is 0 Å². The van der Waals surface area contributed by atoms with Gasteiger partial charge in [0.2, 0.25) is 5.95 Å². The zero-order chi connectivity index (χ0) is 17.2. The van der Waals surface area contributed by atoms with Gasteiger partial charge in [0.1, 0.15) is 5.82 Å². The van der Waals surface area contributed by atoms with Crippen molar-refractivity contribution in [2.75, 3.05) is 18.0 Å². The molecule has 0 spiro atoms. The first-order valence-corrected chi connectivity index (χ1v) is 9.64. The molecular weight excluding hydrogens is 315 g/mol. The number of benzene rings is 1. The van der Waals surface area contributed by atoms with E-state index in [4.69, 9.17) is 4.98 Å². The molecule has 4 rings (SSSR count). The molecule has 1 unspecified atom stereocenters. The minimum Gasteiger partial charge on any atom is -0.341 e. The Morgan fingerprint density at radius 1 is 1.00 bits per heavy atom. The standard InChI is InChI=1S/C20H27FN4/c1-14-18-13-15(21)8-9-19(18)24-20(22-14)25-11-4-7-17(10-12-25)23-16-5-2-3-6-16/h8-9,13,16-17,23H,2-7,10-12H2,1H3. The summed E-state index contributed by atoms with van der Waals surface area (Å²) in [6.07, 6.45) is 8.95. The predicted octanol–water partition coefficient (Wildman–Crippen LogP) is 3.97. The van der Waals surface area contributed by atoms with Gasteiger partial charge in [-0.1, -0.05) is 12.8 Å². The van der Waals surface area contributed by atoms with Crippen molar-refractivity contribution in [3.63, 3.8) is 0 Å². The van der Waals surface area contributed by atoms with Crippen LogP contribution in [0.25, 0.3) is 10.9 Å². The average Bonchev–Trinajstić information content (AvgIpc) is 3.00. The lowest BCUT2D eigenvalue weighted by Crippen LogP contribution is -2.37. The Kier molecular flexibility index (Phi) is 4.84. The SMILES string of the molecule is Cc1nc(N2CCCC(NC3CCCC3)CC2)nc2ccc(F)cc12. The van der Waals surface area contributed by atoms with Gasteiger partial charge in [0.25, 0.3) is 0 Å². The van der Waals surface area contributed by atoms with Crippen LogP contribution >= 0.6 is 0 Å². The van der Waals surface area contributed by atoms with Crippen molar-refractivity contribution in [3.8, 4) is 0 Å². The third-order valence-corrected chi connectivity index (χ3v) is 5.67. The van der Waals surface area contributed by atoms with E-state index in [-0.39, 0.29) is 5.82 Å². The highest BCUT2D eigenvalue weighted by Crippen LogP contribution is 2.24. The molecule has 1 aromatic heterocycles. The summed E-state index contributed by atoms with van der Waals surface area (Å²) in [4.78, 5) is 11.7. The Morgan fingerprint density at radius 3 is 2.60 bits per heavy atom. The molecule has 5 heteroatoms. The summed E-state index contributed by atoms with van der Waals surface area (Å²) in [5.74, 6) is 0.556. The number of aromatic nitrogens is 2. The van der Waals surface area contributed by atoms with Crippen molar-refractivity contribution in [1.29, 1.82) is 0 Å². The van der Waals surface area contributed by atoms with Crippen LogP contribution in [0.1, 0.15) is 50.6 Å². The highest BCUT2D eigenvalue weighted by Gasteiger charge is 2.23. The summed E-state index contributed by atoms with van der Waals surface area (Å²) in [6, 6.07) is 6.10.